The van der Waals surface area contributed by atoms with Gasteiger partial charge in [0.1, 0.15) is 5.60 Å². The summed E-state index contributed by atoms with van der Waals surface area (Å²) in [5.74, 6) is 0.156. The smallest absolute Gasteiger partial charge is 0.219 e. The van der Waals surface area contributed by atoms with Gasteiger partial charge in [-0.05, 0) is 18.9 Å². The molecular weight excluding hydrogens is 264 g/mol. The topological polar surface area (TPSA) is 32.8 Å². The van der Waals surface area contributed by atoms with E-state index in [4.69, 9.17) is 4.74 Å². The molecule has 4 heteroatoms. The van der Waals surface area contributed by atoms with Gasteiger partial charge in [-0.25, -0.2) is 0 Å². The van der Waals surface area contributed by atoms with E-state index in [-0.39, 0.29) is 17.6 Å². The quantitative estimate of drug-likeness (QED) is 0.833. The van der Waals surface area contributed by atoms with Crippen LogP contribution in [0.2, 0.25) is 0 Å². The Kier molecular flexibility index (Phi) is 4.00. The monoisotopic (exact) mass is 288 g/mol. The minimum Gasteiger partial charge on any atom is -0.367 e. The molecule has 0 N–H and O–H groups in total. The van der Waals surface area contributed by atoms with Gasteiger partial charge in [-0.15, -0.1) is 0 Å². The lowest BCUT2D eigenvalue weighted by Crippen LogP contribution is -2.56. The van der Waals surface area contributed by atoms with Gasteiger partial charge in [0, 0.05) is 33.1 Å². The van der Waals surface area contributed by atoms with E-state index < -0.39 is 0 Å². The standard InChI is InChI=1S/C17H24N2O2/c1-14-10-18(11-16-6-4-3-5-7-16)12-17(21-14)8-9-19(13-17)15(2)20/h3-7,14H,8-13H2,1-2H3. The Morgan fingerprint density at radius 3 is 2.76 bits per heavy atom. The Labute approximate surface area is 126 Å². The van der Waals surface area contributed by atoms with Crippen LogP contribution in [-0.4, -0.2) is 53.6 Å². The second-order valence-corrected chi connectivity index (χ2v) is 6.46. The molecule has 1 amide bonds. The number of likely N-dealkylation sites (tertiary alicyclic amines) is 1. The third kappa shape index (κ3) is 3.27. The van der Waals surface area contributed by atoms with Crippen molar-refractivity contribution in [3.8, 4) is 0 Å². The molecule has 0 aromatic heterocycles. The van der Waals surface area contributed by atoms with Gasteiger partial charge in [0.2, 0.25) is 5.91 Å². The molecule has 0 saturated carbocycles. The van der Waals surface area contributed by atoms with Crippen molar-refractivity contribution in [2.24, 2.45) is 0 Å². The molecule has 114 valence electrons. The zero-order chi connectivity index (χ0) is 14.9. The fraction of sp³-hybridized carbons (Fsp3) is 0.588. The normalized spacial score (nSPS) is 30.0. The number of benzene rings is 1. The Bertz CT molecular complexity index is 505. The maximum absolute atomic E-state index is 11.6. The maximum atomic E-state index is 11.6. The fourth-order valence-corrected chi connectivity index (χ4v) is 3.64. The molecule has 1 aromatic rings. The zero-order valence-electron chi connectivity index (χ0n) is 12.9. The molecule has 4 nitrogen and oxygen atoms in total. The van der Waals surface area contributed by atoms with Gasteiger partial charge in [0.05, 0.1) is 12.6 Å². The largest absolute Gasteiger partial charge is 0.367 e. The van der Waals surface area contributed by atoms with Gasteiger partial charge in [-0.3, -0.25) is 9.69 Å². The molecule has 3 rings (SSSR count). The highest BCUT2D eigenvalue weighted by molar-refractivity contribution is 5.73. The summed E-state index contributed by atoms with van der Waals surface area (Å²) in [5, 5.41) is 0. The van der Waals surface area contributed by atoms with Crippen molar-refractivity contribution < 1.29 is 9.53 Å². The summed E-state index contributed by atoms with van der Waals surface area (Å²) in [6.07, 6.45) is 1.16. The molecule has 2 aliphatic heterocycles. The molecule has 2 saturated heterocycles. The Hall–Kier alpha value is -1.39. The average molecular weight is 288 g/mol. The van der Waals surface area contributed by atoms with Crippen molar-refractivity contribution in [2.75, 3.05) is 26.2 Å². The van der Waals surface area contributed by atoms with E-state index in [1.54, 1.807) is 6.92 Å². The summed E-state index contributed by atoms with van der Waals surface area (Å²) in [5.41, 5.74) is 1.17. The van der Waals surface area contributed by atoms with Crippen LogP contribution in [0.5, 0.6) is 0 Å². The van der Waals surface area contributed by atoms with Gasteiger partial charge in [-0.2, -0.15) is 0 Å². The molecule has 0 aliphatic carbocycles. The molecule has 1 aromatic carbocycles. The lowest BCUT2D eigenvalue weighted by atomic mass is 9.98. The predicted molar refractivity (Wildman–Crippen MR) is 81.9 cm³/mol. The van der Waals surface area contributed by atoms with Gasteiger partial charge in [-0.1, -0.05) is 30.3 Å². The van der Waals surface area contributed by atoms with Gasteiger partial charge >= 0.3 is 0 Å². The number of morpholine rings is 1. The van der Waals surface area contributed by atoms with Crippen molar-refractivity contribution in [3.05, 3.63) is 35.9 Å². The highest BCUT2D eigenvalue weighted by atomic mass is 16.5. The second-order valence-electron chi connectivity index (χ2n) is 6.46. The van der Waals surface area contributed by atoms with Crippen LogP contribution in [-0.2, 0) is 16.1 Å². The predicted octanol–water partition coefficient (Wildman–Crippen LogP) is 1.90. The van der Waals surface area contributed by atoms with Crippen molar-refractivity contribution in [3.63, 3.8) is 0 Å². The van der Waals surface area contributed by atoms with E-state index >= 15 is 0 Å². The van der Waals surface area contributed by atoms with Crippen LogP contribution in [0.25, 0.3) is 0 Å². The second kappa shape index (κ2) is 5.78. The van der Waals surface area contributed by atoms with Crippen LogP contribution < -0.4 is 0 Å². The molecular formula is C17H24N2O2. The van der Waals surface area contributed by atoms with Crippen molar-refractivity contribution in [2.45, 2.75) is 38.5 Å². The first kappa shape index (κ1) is 14.5. The third-order valence-electron chi connectivity index (χ3n) is 4.49. The van der Waals surface area contributed by atoms with E-state index in [0.717, 1.165) is 39.1 Å². The van der Waals surface area contributed by atoms with E-state index in [1.807, 2.05) is 4.90 Å². The number of nitrogens with zero attached hydrogens (tertiary/aromatic N) is 2. The summed E-state index contributed by atoms with van der Waals surface area (Å²) >= 11 is 0. The van der Waals surface area contributed by atoms with Crippen molar-refractivity contribution in [1.29, 1.82) is 0 Å². The number of amides is 1. The molecule has 0 radical (unpaired) electrons. The van der Waals surface area contributed by atoms with E-state index in [1.165, 1.54) is 5.56 Å². The number of hydrogen-bond acceptors (Lipinski definition) is 3. The first-order chi connectivity index (χ1) is 10.1. The van der Waals surface area contributed by atoms with Crippen LogP contribution in [0.3, 0.4) is 0 Å². The molecule has 21 heavy (non-hydrogen) atoms. The minimum absolute atomic E-state index is 0.156. The summed E-state index contributed by atoms with van der Waals surface area (Å²) < 4.78 is 6.25. The van der Waals surface area contributed by atoms with Crippen LogP contribution in [0.1, 0.15) is 25.8 Å². The molecule has 2 unspecified atom stereocenters. The minimum atomic E-state index is -0.169. The van der Waals surface area contributed by atoms with Crippen LogP contribution in [0.4, 0.5) is 0 Å². The van der Waals surface area contributed by atoms with Crippen LogP contribution in [0.15, 0.2) is 30.3 Å². The van der Waals surface area contributed by atoms with E-state index in [2.05, 4.69) is 42.2 Å². The van der Waals surface area contributed by atoms with Crippen LogP contribution in [0, 0.1) is 0 Å². The van der Waals surface area contributed by atoms with Gasteiger partial charge in [0.25, 0.3) is 0 Å². The highest BCUT2D eigenvalue weighted by Gasteiger charge is 2.45. The molecule has 2 atom stereocenters. The lowest BCUT2D eigenvalue weighted by Gasteiger charge is -2.43. The summed E-state index contributed by atoms with van der Waals surface area (Å²) in [6, 6.07) is 10.6. The summed E-state index contributed by atoms with van der Waals surface area (Å²) in [6.45, 7) is 8.16. The number of rotatable bonds is 2. The summed E-state index contributed by atoms with van der Waals surface area (Å²) in [7, 11) is 0. The third-order valence-corrected chi connectivity index (χ3v) is 4.49. The molecule has 1 spiro atoms. The first-order valence-corrected chi connectivity index (χ1v) is 7.76. The average Bonchev–Trinajstić information content (AvgIpc) is 2.82. The van der Waals surface area contributed by atoms with Crippen molar-refractivity contribution in [1.82, 2.24) is 9.80 Å². The number of hydrogen-bond donors (Lipinski definition) is 0. The fourth-order valence-electron chi connectivity index (χ4n) is 3.64. The lowest BCUT2D eigenvalue weighted by molar-refractivity contribution is -0.148. The van der Waals surface area contributed by atoms with Crippen molar-refractivity contribution >= 4 is 5.91 Å². The molecule has 0 bridgehead atoms. The zero-order valence-corrected chi connectivity index (χ0v) is 12.9. The number of carbonyl (C=O) groups is 1. The summed E-state index contributed by atoms with van der Waals surface area (Å²) in [4.78, 5) is 16.0. The van der Waals surface area contributed by atoms with Gasteiger partial charge < -0.3 is 9.64 Å². The molecule has 2 aliphatic rings. The maximum Gasteiger partial charge on any atom is 0.219 e. The van der Waals surface area contributed by atoms with E-state index in [0.29, 0.717) is 0 Å². The Balaban J connectivity index is 1.69. The molecule has 2 fully saturated rings. The SMILES string of the molecule is CC(=O)N1CCC2(CN(Cc3ccccc3)CC(C)O2)C1. The number of carbonyl (C=O) groups excluding carboxylic acids is 1. The Morgan fingerprint density at radius 2 is 2.10 bits per heavy atom. The number of ether oxygens (including phenoxy) is 1. The molecule has 2 heterocycles. The highest BCUT2D eigenvalue weighted by Crippen LogP contribution is 2.32. The van der Waals surface area contributed by atoms with Crippen LogP contribution >= 0.6 is 0 Å². The van der Waals surface area contributed by atoms with Gasteiger partial charge in [0.15, 0.2) is 0 Å². The first-order valence-electron chi connectivity index (χ1n) is 7.76. The Morgan fingerprint density at radius 1 is 1.33 bits per heavy atom. The van der Waals surface area contributed by atoms with E-state index in [9.17, 15) is 4.79 Å².